The first kappa shape index (κ1) is 33.7. The molecule has 2 fully saturated rings. The number of hydrogen-bond donors (Lipinski definition) is 2. The number of piperazine rings is 1. The molecule has 234 valence electrons. The van der Waals surface area contributed by atoms with Gasteiger partial charge in [-0.2, -0.15) is 4.31 Å². The molecule has 2 saturated heterocycles. The Labute approximate surface area is 252 Å². The van der Waals surface area contributed by atoms with Gasteiger partial charge in [0.2, 0.25) is 21.8 Å². The third kappa shape index (κ3) is 8.16. The molecule has 0 aromatic heterocycles. The van der Waals surface area contributed by atoms with Gasteiger partial charge >= 0.3 is 12.1 Å². The van der Waals surface area contributed by atoms with Gasteiger partial charge in [0.05, 0.1) is 12.1 Å². The number of carboxylic acids is 1. The summed E-state index contributed by atoms with van der Waals surface area (Å²) in [5, 5.41) is 12.3. The van der Waals surface area contributed by atoms with E-state index in [1.807, 2.05) is 27.7 Å². The lowest BCUT2D eigenvalue weighted by molar-refractivity contribution is -0.142. The van der Waals surface area contributed by atoms with Gasteiger partial charge in [-0.15, -0.1) is 11.8 Å². The maximum atomic E-state index is 13.1. The molecule has 2 aliphatic heterocycles. The predicted molar refractivity (Wildman–Crippen MR) is 160 cm³/mol. The normalized spacial score (nSPS) is 21.0. The zero-order chi connectivity index (χ0) is 31.6. The molecule has 42 heavy (non-hydrogen) atoms. The van der Waals surface area contributed by atoms with E-state index in [4.69, 9.17) is 4.74 Å². The van der Waals surface area contributed by atoms with Crippen LogP contribution in [0, 0.1) is 11.3 Å². The van der Waals surface area contributed by atoms with Crippen LogP contribution in [0.4, 0.5) is 4.79 Å². The van der Waals surface area contributed by atoms with Gasteiger partial charge in [-0.3, -0.25) is 9.59 Å². The molecule has 2 aliphatic rings. The van der Waals surface area contributed by atoms with Crippen LogP contribution < -0.4 is 10.1 Å². The number of ether oxygens (including phenoxy) is 1. The van der Waals surface area contributed by atoms with Gasteiger partial charge in [0.25, 0.3) is 0 Å². The number of aliphatic carboxylic acids is 1. The minimum atomic E-state index is -3.68. The summed E-state index contributed by atoms with van der Waals surface area (Å²) in [5.41, 5.74) is 0.420. The number of carboxylic acid groups (broad SMARTS) is 1. The van der Waals surface area contributed by atoms with Crippen molar-refractivity contribution in [3.8, 4) is 5.75 Å². The highest BCUT2D eigenvalue weighted by Gasteiger charge is 2.50. The molecule has 12 nitrogen and oxygen atoms in total. The smallest absolute Gasteiger partial charge is 0.415 e. The number of amides is 3. The number of nitrogens with one attached hydrogen (secondary N) is 1. The van der Waals surface area contributed by atoms with E-state index in [1.165, 1.54) is 16.7 Å². The third-order valence-corrected chi connectivity index (χ3v) is 10.6. The highest BCUT2D eigenvalue weighted by Crippen LogP contribution is 2.40. The van der Waals surface area contributed by atoms with Crippen LogP contribution in [0.3, 0.4) is 0 Å². The molecule has 2 N–H and O–H groups in total. The second-order valence-corrected chi connectivity index (χ2v) is 16.0. The van der Waals surface area contributed by atoms with Crippen molar-refractivity contribution in [2.24, 2.45) is 11.3 Å². The van der Waals surface area contributed by atoms with Crippen molar-refractivity contribution in [1.82, 2.24) is 19.4 Å². The highest BCUT2D eigenvalue weighted by molar-refractivity contribution is 8.02. The summed E-state index contributed by atoms with van der Waals surface area (Å²) in [5.74, 6) is -1.63. The molecule has 0 aliphatic carbocycles. The van der Waals surface area contributed by atoms with E-state index < -0.39 is 44.8 Å². The Kier molecular flexibility index (Phi) is 10.3. The summed E-state index contributed by atoms with van der Waals surface area (Å²) in [4.78, 5) is 53.9. The number of thioether (sulfide) groups is 1. The molecule has 1 aromatic carbocycles. The Morgan fingerprint density at radius 3 is 2.12 bits per heavy atom. The number of benzene rings is 1. The number of nitrogens with zero attached hydrogens (tertiary/aromatic N) is 3. The lowest BCUT2D eigenvalue weighted by Gasteiger charge is -2.37. The fraction of sp³-hybridized carbons (Fsp3) is 0.643. The Morgan fingerprint density at radius 2 is 1.62 bits per heavy atom. The lowest BCUT2D eigenvalue weighted by Crippen LogP contribution is -2.56. The molecule has 1 aromatic rings. The Hall–Kier alpha value is -2.84. The van der Waals surface area contributed by atoms with Crippen LogP contribution in [0.15, 0.2) is 24.3 Å². The van der Waals surface area contributed by atoms with Crippen molar-refractivity contribution in [3.05, 3.63) is 29.8 Å². The van der Waals surface area contributed by atoms with Crippen molar-refractivity contribution in [1.29, 1.82) is 0 Å². The largest absolute Gasteiger partial charge is 0.480 e. The van der Waals surface area contributed by atoms with E-state index >= 15 is 0 Å². The number of rotatable bonds is 8. The van der Waals surface area contributed by atoms with Crippen molar-refractivity contribution in [3.63, 3.8) is 0 Å². The molecule has 0 spiro atoms. The fourth-order valence-electron chi connectivity index (χ4n) is 4.76. The van der Waals surface area contributed by atoms with E-state index in [0.29, 0.717) is 31.7 Å². The summed E-state index contributed by atoms with van der Waals surface area (Å²) in [6.45, 7) is 13.0. The van der Waals surface area contributed by atoms with Gasteiger partial charge in [-0.05, 0) is 37.0 Å². The first-order valence-corrected chi connectivity index (χ1v) is 16.6. The quantitative estimate of drug-likeness (QED) is 0.442. The SMILES string of the molecule is CC(C(=O)N1CCN(C(=O)Oc2ccc(C[C@H](NC(=O)C3N(S(C)(=O)=O)CSC3(C)C)C(=O)O)cc2)CC1)C(C)(C)C. The summed E-state index contributed by atoms with van der Waals surface area (Å²) in [6, 6.07) is 3.94. The average Bonchev–Trinajstić information content (AvgIpc) is 3.23. The van der Waals surface area contributed by atoms with Crippen LogP contribution in [-0.4, -0.2) is 107 Å². The van der Waals surface area contributed by atoms with Crippen LogP contribution in [0.2, 0.25) is 0 Å². The van der Waals surface area contributed by atoms with E-state index in [2.05, 4.69) is 5.32 Å². The van der Waals surface area contributed by atoms with Crippen LogP contribution in [0.25, 0.3) is 0 Å². The number of carbonyl (C=O) groups excluding carboxylic acids is 3. The average molecular weight is 627 g/mol. The number of sulfonamides is 1. The maximum absolute atomic E-state index is 13.1. The van der Waals surface area contributed by atoms with Crippen LogP contribution >= 0.6 is 11.8 Å². The van der Waals surface area contributed by atoms with Crippen molar-refractivity contribution in [2.45, 2.75) is 64.8 Å². The maximum Gasteiger partial charge on any atom is 0.415 e. The second kappa shape index (κ2) is 12.8. The fourth-order valence-corrected chi connectivity index (χ4v) is 7.50. The van der Waals surface area contributed by atoms with E-state index in [0.717, 1.165) is 10.6 Å². The molecule has 3 amide bonds. The Balaban J connectivity index is 1.57. The lowest BCUT2D eigenvalue weighted by atomic mass is 9.81. The summed E-state index contributed by atoms with van der Waals surface area (Å²) < 4.78 is 30.3. The molecule has 14 heteroatoms. The van der Waals surface area contributed by atoms with Crippen LogP contribution in [-0.2, 0) is 30.8 Å². The molecular formula is C28H42N4O8S2. The second-order valence-electron chi connectivity index (χ2n) is 12.4. The standard InChI is InChI=1S/C28H42N4O8S2/c1-18(27(2,3)4)24(34)30-12-14-31(15-13-30)26(37)40-20-10-8-19(9-11-20)16-21(25(35)36)29-23(33)22-28(5,6)41-17-32(22)42(7,38)39/h8-11,18,21-22H,12-17H2,1-7H3,(H,29,33)(H,35,36)/t18?,21-,22?/m0/s1. The minimum Gasteiger partial charge on any atom is -0.480 e. The highest BCUT2D eigenvalue weighted by atomic mass is 32.2. The third-order valence-electron chi connectivity index (χ3n) is 7.89. The summed E-state index contributed by atoms with van der Waals surface area (Å²) in [7, 11) is -3.68. The van der Waals surface area contributed by atoms with Crippen molar-refractivity contribution < 1.29 is 37.4 Å². The summed E-state index contributed by atoms with van der Waals surface area (Å²) >= 11 is 1.31. The molecular weight excluding hydrogens is 584 g/mol. The van der Waals surface area contributed by atoms with Gasteiger partial charge in [0, 0.05) is 43.3 Å². The Bertz CT molecular complexity index is 1290. The van der Waals surface area contributed by atoms with Gasteiger partial charge in [0.1, 0.15) is 17.8 Å². The minimum absolute atomic E-state index is 0.0581. The van der Waals surface area contributed by atoms with Gasteiger partial charge < -0.3 is 25.0 Å². The predicted octanol–water partition coefficient (Wildman–Crippen LogP) is 2.24. The molecule has 3 atom stereocenters. The van der Waals surface area contributed by atoms with Crippen molar-refractivity contribution in [2.75, 3.05) is 38.3 Å². The van der Waals surface area contributed by atoms with Crippen molar-refractivity contribution >= 4 is 45.7 Å². The van der Waals surface area contributed by atoms with Gasteiger partial charge in [-0.25, -0.2) is 18.0 Å². The van der Waals surface area contributed by atoms with Crippen LogP contribution in [0.1, 0.15) is 47.1 Å². The van der Waals surface area contributed by atoms with E-state index in [1.54, 1.807) is 43.0 Å². The first-order valence-electron chi connectivity index (χ1n) is 13.8. The van der Waals surface area contributed by atoms with E-state index in [9.17, 15) is 32.7 Å². The van der Waals surface area contributed by atoms with Crippen LogP contribution in [0.5, 0.6) is 5.75 Å². The molecule has 0 radical (unpaired) electrons. The zero-order valence-corrected chi connectivity index (χ0v) is 26.9. The van der Waals surface area contributed by atoms with Gasteiger partial charge in [0.15, 0.2) is 0 Å². The van der Waals surface area contributed by atoms with E-state index in [-0.39, 0.29) is 35.3 Å². The van der Waals surface area contributed by atoms with Gasteiger partial charge in [-0.1, -0.05) is 39.8 Å². The molecule has 2 heterocycles. The molecule has 3 rings (SSSR count). The Morgan fingerprint density at radius 1 is 1.07 bits per heavy atom. The number of hydrogen-bond acceptors (Lipinski definition) is 8. The molecule has 0 saturated carbocycles. The molecule has 2 unspecified atom stereocenters. The first-order chi connectivity index (χ1) is 19.3. The molecule has 0 bridgehead atoms. The monoisotopic (exact) mass is 626 g/mol. The number of carbonyl (C=O) groups is 4. The topological polar surface area (TPSA) is 154 Å². The summed E-state index contributed by atoms with van der Waals surface area (Å²) in [6.07, 6.45) is 0.424. The zero-order valence-electron chi connectivity index (χ0n) is 25.2.